The summed E-state index contributed by atoms with van der Waals surface area (Å²) >= 11 is 19.4. The van der Waals surface area contributed by atoms with Crippen molar-refractivity contribution in [1.29, 1.82) is 32.4 Å². The Hall–Kier alpha value is -4.56. The number of nitrogens with zero attached hydrogens (tertiary/aromatic N) is 12. The molecule has 0 aliphatic rings. The first-order chi connectivity index (χ1) is 36.3. The van der Waals surface area contributed by atoms with Crippen LogP contribution in [0, 0.1) is 32.4 Å². The maximum Gasteiger partial charge on any atom is 0.386 e. The van der Waals surface area contributed by atoms with Gasteiger partial charge in [-0.2, -0.15) is 0 Å². The van der Waals surface area contributed by atoms with Crippen LogP contribution in [0.3, 0.4) is 0 Å². The molecule has 78 heavy (non-hydrogen) atoms. The first-order valence-electron chi connectivity index (χ1n) is 18.2. The van der Waals surface area contributed by atoms with Gasteiger partial charge in [-0.15, -0.1) is 0 Å². The van der Waals surface area contributed by atoms with E-state index in [0.29, 0.717) is 34.1 Å². The van der Waals surface area contributed by atoms with E-state index in [1.807, 2.05) is 36.4 Å². The number of hydrogen-bond acceptors (Lipinski definition) is 18. The van der Waals surface area contributed by atoms with Crippen LogP contribution in [-0.2, 0) is 27.4 Å². The summed E-state index contributed by atoms with van der Waals surface area (Å²) in [7, 11) is -23.3. The van der Waals surface area contributed by atoms with Crippen molar-refractivity contribution in [2.24, 2.45) is 0 Å². The van der Waals surface area contributed by atoms with Crippen LogP contribution in [-0.4, -0.2) is 0 Å². The molecule has 420 valence electrons. The molecule has 0 spiro atoms. The molecule has 24 nitrogen and oxygen atoms in total. The van der Waals surface area contributed by atoms with Crippen LogP contribution in [0.15, 0.2) is 172 Å². The van der Waals surface area contributed by atoms with Crippen molar-refractivity contribution in [2.75, 3.05) is 0 Å². The summed E-state index contributed by atoms with van der Waals surface area (Å²) in [4.78, 5) is 68.5. The summed E-state index contributed by atoms with van der Waals surface area (Å²) in [6, 6.07) is 42.7. The van der Waals surface area contributed by atoms with E-state index in [0.717, 1.165) is 26.8 Å². The predicted molar refractivity (Wildman–Crippen MR) is 294 cm³/mol. The van der Waals surface area contributed by atoms with Crippen LogP contribution in [0.1, 0.15) is 0 Å². The monoisotopic (exact) mass is 1600 g/mol. The van der Waals surface area contributed by atoms with Gasteiger partial charge in [-0.1, -0.05) is 132 Å². The Morgan fingerprint density at radius 2 is 0.359 bits per heavy atom. The van der Waals surface area contributed by atoms with Gasteiger partial charge in [0.15, 0.2) is 79.9 Å². The molecule has 0 amide bonds. The Bertz CT molecular complexity index is 2550. The third-order valence-electron chi connectivity index (χ3n) is 5.54. The predicted octanol–water partition coefficient (Wildman–Crippen LogP) is 15.8. The Balaban J connectivity index is -0.000000185. The number of diazo groups is 6. The zero-order valence-corrected chi connectivity index (χ0v) is 53.2. The number of rotatable bonds is 0. The van der Waals surface area contributed by atoms with E-state index in [1.165, 1.54) is 0 Å². The fourth-order valence-electron chi connectivity index (χ4n) is 3.23. The smallest absolute Gasteiger partial charge is 0.386 e. The lowest BCUT2D eigenvalue weighted by molar-refractivity contribution is -0.175. The van der Waals surface area contributed by atoms with Crippen molar-refractivity contribution in [2.45, 2.75) is 0 Å². The molecule has 6 unspecified atom stereocenters. The van der Waals surface area contributed by atoms with Gasteiger partial charge in [0.2, 0.25) is 32.4 Å². The molecule has 6 rings (SSSR count). The van der Waals surface area contributed by atoms with Crippen molar-refractivity contribution in [3.8, 4) is 0 Å². The third kappa shape index (κ3) is 77.9. The molecule has 0 aliphatic carbocycles. The second kappa shape index (κ2) is 58.6. The molecule has 0 saturated carbocycles. The van der Waals surface area contributed by atoms with Crippen molar-refractivity contribution in [1.82, 2.24) is 0 Å². The minimum absolute atomic E-state index is 0.560. The van der Waals surface area contributed by atoms with E-state index >= 15 is 0 Å². The molecular weight excluding hydrogens is 1570 g/mol. The maximum atomic E-state index is 9.99. The molecule has 0 saturated heterocycles. The highest BCUT2D eigenvalue weighted by Crippen LogP contribution is 2.21. The maximum absolute atomic E-state index is 9.99. The molecule has 0 bridgehead atoms. The van der Waals surface area contributed by atoms with Crippen LogP contribution >= 0.6 is 146 Å². The lowest BCUT2D eigenvalue weighted by Crippen LogP contribution is -1.74. The zero-order chi connectivity index (χ0) is 61.6. The van der Waals surface area contributed by atoms with Crippen LogP contribution in [0.5, 0.6) is 0 Å². The molecule has 0 heterocycles. The van der Waals surface area contributed by atoms with Crippen LogP contribution in [0.25, 0.3) is 29.9 Å². The van der Waals surface area contributed by atoms with Gasteiger partial charge in [-0.25, -0.2) is 25.2 Å². The van der Waals surface area contributed by atoms with E-state index in [-0.39, 0.29) is 0 Å². The summed E-state index contributed by atoms with van der Waals surface area (Å²) < 4.78 is 116. The van der Waals surface area contributed by atoms with E-state index < -0.39 is 50.0 Å². The molecule has 0 N–H and O–H groups in total. The fraction of sp³-hybridized carbons (Fsp3) is 0. The first kappa shape index (κ1) is 84.7. The normalized spacial score (nSPS) is 10.6. The summed E-state index contributed by atoms with van der Waals surface area (Å²) in [5.74, 6) is 0. The first-order valence-corrected chi connectivity index (χ1v) is 30.1. The minimum Gasteiger partial charge on any atom is -0.777 e. The van der Waals surface area contributed by atoms with Crippen molar-refractivity contribution < 1.29 is 81.9 Å². The van der Waals surface area contributed by atoms with Crippen molar-refractivity contribution >= 4 is 180 Å². The SMILES string of the molecule is N#[N+]c1cccc(Br)c1.N#[N+]c1cccc(Br)c1.N#[N+]c1cccc(Br)c1.N#[N+]c1cccc(Br)c1.N#[N+]c1cccc(Br)c1.N#[N+]c1cccc(Br)c1.O=[PH]([O-])F.O=[PH]([O-])F.O=[PH]([O-])F.O=[PH]([O-])F.O=[PH]([O-])F.O=[PH]([O-])F. The fourth-order valence-corrected chi connectivity index (χ4v) is 5.55. The molecule has 42 heteroatoms. The van der Waals surface area contributed by atoms with Gasteiger partial charge in [0.05, 0.1) is 0 Å². The van der Waals surface area contributed by atoms with Crippen molar-refractivity contribution in [3.05, 3.63) is 202 Å². The number of benzene rings is 6. The highest BCUT2D eigenvalue weighted by atomic mass is 79.9. The van der Waals surface area contributed by atoms with Crippen LogP contribution < -0.4 is 29.4 Å². The number of hydrogen-bond donors (Lipinski definition) is 0. The molecule has 6 aromatic carbocycles. The Morgan fingerprint density at radius 1 is 0.269 bits per heavy atom. The molecule has 0 radical (unpaired) electrons. The second-order valence-electron chi connectivity index (χ2n) is 10.9. The quantitative estimate of drug-likeness (QED) is 0.0774. The lowest BCUT2D eigenvalue weighted by atomic mass is 10.3. The van der Waals surface area contributed by atoms with E-state index in [4.69, 9.17) is 89.1 Å². The highest BCUT2D eigenvalue weighted by molar-refractivity contribution is 9.11. The standard InChI is InChI=1S/6C6H4BrN2.6FH2O2P/c6*7-5-2-1-3-6(4-5)9-8;6*1-4(2)3/h6*1-4H;6*4H,(H,2,3)/q6*+1;;;;;;/p-6. The molecule has 6 aromatic rings. The van der Waals surface area contributed by atoms with Gasteiger partial charge >= 0.3 is 34.1 Å². The summed E-state index contributed by atoms with van der Waals surface area (Å²) in [5.41, 5.74) is 3.36. The largest absolute Gasteiger partial charge is 0.777 e. The average molecular weight is 1600 g/mol. The molecular formula is C36H30Br6F6N12O12P6. The summed E-state index contributed by atoms with van der Waals surface area (Å²) in [6.07, 6.45) is 0. The Kier molecular flexibility index (Phi) is 63.6. The highest BCUT2D eigenvalue weighted by Gasteiger charge is 2.04. The Labute approximate surface area is 492 Å². The average Bonchev–Trinajstić information content (AvgIpc) is 3.34. The third-order valence-corrected chi connectivity index (χ3v) is 8.50. The van der Waals surface area contributed by atoms with Crippen LogP contribution in [0.4, 0.5) is 59.3 Å². The van der Waals surface area contributed by atoms with Gasteiger partial charge in [0, 0.05) is 99.6 Å². The molecule has 6 atom stereocenters. The second-order valence-corrected chi connectivity index (χ2v) is 19.3. The van der Waals surface area contributed by atoms with Gasteiger partial charge in [0.1, 0.15) is 0 Å². The van der Waals surface area contributed by atoms with Gasteiger partial charge in [-0.3, -0.25) is 0 Å². The molecule has 0 aliphatic heterocycles. The van der Waals surface area contributed by atoms with Gasteiger partial charge in [-0.05, 0) is 36.4 Å². The van der Waals surface area contributed by atoms with E-state index in [9.17, 15) is 25.2 Å². The summed E-state index contributed by atoms with van der Waals surface area (Å²) in [5, 5.41) is 49.6. The van der Waals surface area contributed by atoms with Crippen molar-refractivity contribution in [3.63, 3.8) is 0 Å². The Morgan fingerprint density at radius 3 is 0.410 bits per heavy atom. The minimum atomic E-state index is -3.88. The number of halogens is 12. The van der Waals surface area contributed by atoms with E-state index in [2.05, 4.69) is 125 Å². The zero-order valence-electron chi connectivity index (χ0n) is 37.7. The van der Waals surface area contributed by atoms with Crippen LogP contribution in [0.2, 0.25) is 0 Å². The lowest BCUT2D eigenvalue weighted by Gasteiger charge is -1.79. The topological polar surface area (TPSA) is 410 Å². The van der Waals surface area contributed by atoms with Gasteiger partial charge < -0.3 is 56.8 Å². The molecule has 0 aromatic heterocycles. The summed E-state index contributed by atoms with van der Waals surface area (Å²) in [6.45, 7) is 0. The molecule has 0 fully saturated rings. The van der Waals surface area contributed by atoms with Gasteiger partial charge in [0.25, 0.3) is 0 Å². The van der Waals surface area contributed by atoms with E-state index in [1.54, 1.807) is 109 Å².